The predicted molar refractivity (Wildman–Crippen MR) is 131 cm³/mol. The molecule has 2 aliphatic rings. The molecule has 184 valence electrons. The lowest BCUT2D eigenvalue weighted by molar-refractivity contribution is -0.155. The van der Waals surface area contributed by atoms with Crippen LogP contribution in [0.15, 0.2) is 23.7 Å². The number of esters is 1. The first-order chi connectivity index (χ1) is 14.7. The van der Waals surface area contributed by atoms with Crippen LogP contribution in [0.2, 0.25) is 19.6 Å². The Hall–Kier alpha value is -1.89. The summed E-state index contributed by atoms with van der Waals surface area (Å²) >= 11 is 0. The smallest absolute Gasteiger partial charge is 0.311 e. The minimum atomic E-state index is -1.49. The van der Waals surface area contributed by atoms with E-state index in [2.05, 4.69) is 19.6 Å². The Kier molecular flexibility index (Phi) is 13.4. The lowest BCUT2D eigenvalue weighted by Gasteiger charge is -2.33. The number of carbonyl (C=O) groups is 3. The minimum absolute atomic E-state index is 0.149. The second-order valence-corrected chi connectivity index (χ2v) is 14.4. The van der Waals surface area contributed by atoms with Gasteiger partial charge in [0.05, 0.1) is 19.6 Å². The van der Waals surface area contributed by atoms with E-state index in [9.17, 15) is 14.4 Å². The molecule has 7 heteroatoms. The molecule has 2 aliphatic carbocycles. The van der Waals surface area contributed by atoms with Gasteiger partial charge in [0.2, 0.25) is 8.32 Å². The van der Waals surface area contributed by atoms with Crippen LogP contribution in [0.25, 0.3) is 0 Å². The normalized spacial score (nSPS) is 18.3. The van der Waals surface area contributed by atoms with E-state index in [1.54, 1.807) is 13.2 Å². The van der Waals surface area contributed by atoms with Crippen molar-refractivity contribution in [1.82, 2.24) is 0 Å². The number of hydrogen-bond acceptors (Lipinski definition) is 6. The molecule has 0 aromatic heterocycles. The number of rotatable bonds is 5. The molecule has 32 heavy (non-hydrogen) atoms. The third-order valence-electron chi connectivity index (χ3n) is 5.30. The zero-order valence-corrected chi connectivity index (χ0v) is 22.6. The zero-order chi connectivity index (χ0) is 24.9. The molecule has 1 unspecified atom stereocenters. The first-order valence-electron chi connectivity index (χ1n) is 11.4. The third-order valence-corrected chi connectivity index (χ3v) is 6.10. The molecule has 1 fully saturated rings. The lowest BCUT2D eigenvalue weighted by atomic mass is 9.71. The Balaban J connectivity index is 0.000000476. The van der Waals surface area contributed by atoms with Crippen LogP contribution in [0, 0.1) is 11.3 Å². The summed E-state index contributed by atoms with van der Waals surface area (Å²) < 4.78 is 15.5. The fourth-order valence-electron chi connectivity index (χ4n) is 3.39. The van der Waals surface area contributed by atoms with E-state index in [1.165, 1.54) is 7.11 Å². The Morgan fingerprint density at radius 3 is 1.97 bits per heavy atom. The first-order valence-corrected chi connectivity index (χ1v) is 14.8. The first kappa shape index (κ1) is 30.1. The molecule has 0 radical (unpaired) electrons. The average Bonchev–Trinajstić information content (AvgIpc) is 2.72. The molecule has 0 heterocycles. The van der Waals surface area contributed by atoms with E-state index in [4.69, 9.17) is 13.9 Å². The average molecular weight is 469 g/mol. The molecular weight excluding hydrogens is 424 g/mol. The SMILES string of the molecule is COC(=O)C(C)(C)C1CCCC(=O)C1.COC(O[Si](C)(C)C)=C(C)C.O=C1C=CCCC1. The van der Waals surface area contributed by atoms with Crippen LogP contribution in [0.5, 0.6) is 0 Å². The maximum absolute atomic E-state index is 11.5. The largest absolute Gasteiger partial charge is 0.520 e. The second-order valence-electron chi connectivity index (χ2n) is 10.0. The van der Waals surface area contributed by atoms with Crippen LogP contribution in [0.4, 0.5) is 0 Å². The van der Waals surface area contributed by atoms with Gasteiger partial charge in [-0.25, -0.2) is 0 Å². The third kappa shape index (κ3) is 12.2. The van der Waals surface area contributed by atoms with Crippen molar-refractivity contribution in [2.75, 3.05) is 14.2 Å². The van der Waals surface area contributed by atoms with Gasteiger partial charge < -0.3 is 13.9 Å². The molecule has 1 atom stereocenters. The Bertz CT molecular complexity index is 681. The monoisotopic (exact) mass is 468 g/mol. The van der Waals surface area contributed by atoms with E-state index < -0.39 is 13.7 Å². The summed E-state index contributed by atoms with van der Waals surface area (Å²) in [5.74, 6) is 1.18. The Morgan fingerprint density at radius 1 is 1.03 bits per heavy atom. The number of ketones is 2. The molecular formula is C25H44O6Si. The van der Waals surface area contributed by atoms with E-state index >= 15 is 0 Å². The van der Waals surface area contributed by atoms with Crippen LogP contribution >= 0.6 is 0 Å². The minimum Gasteiger partial charge on any atom is -0.520 e. The molecule has 0 aromatic carbocycles. The molecule has 6 nitrogen and oxygen atoms in total. The summed E-state index contributed by atoms with van der Waals surface area (Å²) in [5.41, 5.74) is 0.570. The van der Waals surface area contributed by atoms with Gasteiger partial charge in [-0.3, -0.25) is 14.4 Å². The topological polar surface area (TPSA) is 78.9 Å². The summed E-state index contributed by atoms with van der Waals surface area (Å²) in [5, 5.41) is 0. The van der Waals surface area contributed by atoms with Gasteiger partial charge in [-0.2, -0.15) is 0 Å². The molecule has 0 spiro atoms. The highest BCUT2D eigenvalue weighted by Crippen LogP contribution is 2.37. The molecule has 1 saturated carbocycles. The van der Waals surface area contributed by atoms with E-state index in [1.807, 2.05) is 33.8 Å². The standard InChI is InChI=1S/C11H18O3.C8H18O2Si.C6H8O/c1-11(2,10(13)14-3)8-5-4-6-9(12)7-8;1-7(2)8(9-3)10-11(4,5)6;7-6-4-2-1-3-5-6/h8H,4-7H2,1-3H3;1-6H3;2,4H,1,3,5H2. The maximum Gasteiger partial charge on any atom is 0.311 e. The molecule has 0 saturated heterocycles. The van der Waals surface area contributed by atoms with Gasteiger partial charge in [-0.15, -0.1) is 0 Å². The number of hydrogen-bond donors (Lipinski definition) is 0. The molecule has 0 aromatic rings. The van der Waals surface area contributed by atoms with Gasteiger partial charge in [-0.1, -0.05) is 6.08 Å². The molecule has 0 amide bonds. The fourth-order valence-corrected chi connectivity index (χ4v) is 4.23. The highest BCUT2D eigenvalue weighted by Gasteiger charge is 2.39. The van der Waals surface area contributed by atoms with Crippen molar-refractivity contribution < 1.29 is 28.3 Å². The van der Waals surface area contributed by atoms with Gasteiger partial charge in [0.15, 0.2) is 5.78 Å². The summed E-state index contributed by atoms with van der Waals surface area (Å²) in [6.45, 7) is 14.1. The van der Waals surface area contributed by atoms with E-state index in [0.29, 0.717) is 18.8 Å². The van der Waals surface area contributed by atoms with Crippen molar-refractivity contribution in [1.29, 1.82) is 0 Å². The molecule has 0 N–H and O–H groups in total. The van der Waals surface area contributed by atoms with E-state index in [0.717, 1.165) is 37.7 Å². The van der Waals surface area contributed by atoms with Crippen LogP contribution in [0.1, 0.15) is 72.6 Å². The second kappa shape index (κ2) is 14.3. The lowest BCUT2D eigenvalue weighted by Crippen LogP contribution is -2.37. The van der Waals surface area contributed by atoms with Gasteiger partial charge in [0, 0.05) is 24.8 Å². The van der Waals surface area contributed by atoms with E-state index in [-0.39, 0.29) is 23.5 Å². The van der Waals surface area contributed by atoms with Gasteiger partial charge in [0.25, 0.3) is 5.95 Å². The van der Waals surface area contributed by atoms with Crippen molar-refractivity contribution in [2.24, 2.45) is 11.3 Å². The number of allylic oxidation sites excluding steroid dienone is 3. The number of Topliss-reactive ketones (excluding diaryl/α,β-unsaturated/α-hetero) is 1. The van der Waals surface area contributed by atoms with Gasteiger partial charge in [-0.05, 0) is 85.0 Å². The van der Waals surface area contributed by atoms with Crippen molar-refractivity contribution in [3.8, 4) is 0 Å². The maximum atomic E-state index is 11.5. The number of methoxy groups -OCH3 is 2. The molecule has 0 bridgehead atoms. The van der Waals surface area contributed by atoms with Crippen LogP contribution in [-0.2, 0) is 28.3 Å². The van der Waals surface area contributed by atoms with Gasteiger partial charge in [0.1, 0.15) is 5.78 Å². The number of carbonyl (C=O) groups excluding carboxylic acids is 3. The quantitative estimate of drug-likeness (QED) is 0.281. The highest BCUT2D eigenvalue weighted by atomic mass is 28.4. The summed E-state index contributed by atoms with van der Waals surface area (Å²) in [6.07, 6.45) is 9.57. The van der Waals surface area contributed by atoms with Crippen molar-refractivity contribution in [3.05, 3.63) is 23.7 Å². The van der Waals surface area contributed by atoms with Crippen LogP contribution in [0.3, 0.4) is 0 Å². The fraction of sp³-hybridized carbons (Fsp3) is 0.720. The zero-order valence-electron chi connectivity index (χ0n) is 21.6. The van der Waals surface area contributed by atoms with Crippen LogP contribution in [-0.4, -0.2) is 40.1 Å². The van der Waals surface area contributed by atoms with Crippen molar-refractivity contribution in [3.63, 3.8) is 0 Å². The van der Waals surface area contributed by atoms with Gasteiger partial charge >= 0.3 is 5.97 Å². The summed E-state index contributed by atoms with van der Waals surface area (Å²) in [7, 11) is 1.55. The Morgan fingerprint density at radius 2 is 1.66 bits per heavy atom. The van der Waals surface area contributed by atoms with Crippen molar-refractivity contribution in [2.45, 2.75) is 92.3 Å². The molecule has 0 aliphatic heterocycles. The summed E-state index contributed by atoms with van der Waals surface area (Å²) in [4.78, 5) is 33.2. The summed E-state index contributed by atoms with van der Waals surface area (Å²) in [6, 6.07) is 0. The highest BCUT2D eigenvalue weighted by molar-refractivity contribution is 6.70. The van der Waals surface area contributed by atoms with Crippen LogP contribution < -0.4 is 0 Å². The molecule has 2 rings (SSSR count). The predicted octanol–water partition coefficient (Wildman–Crippen LogP) is 5.98. The van der Waals surface area contributed by atoms with Crippen molar-refractivity contribution >= 4 is 25.9 Å². The Labute approximate surface area is 195 Å². The number of ether oxygens (including phenoxy) is 2.